The first-order chi connectivity index (χ1) is 15.1. The second-order valence-electron chi connectivity index (χ2n) is 6.69. The Bertz CT molecular complexity index is 1200. The third kappa shape index (κ3) is 5.26. The van der Waals surface area contributed by atoms with E-state index in [1.165, 1.54) is 17.8 Å². The largest absolute Gasteiger partial charge is 0.403 e. The van der Waals surface area contributed by atoms with Crippen LogP contribution in [0.2, 0.25) is 5.02 Å². The maximum Gasteiger partial charge on any atom is 0.337 e. The highest BCUT2D eigenvalue weighted by molar-refractivity contribution is 7.99. The third-order valence-electron chi connectivity index (χ3n) is 4.41. The van der Waals surface area contributed by atoms with Crippen LogP contribution in [0, 0.1) is 6.92 Å². The number of para-hydroxylation sites is 1. The van der Waals surface area contributed by atoms with Crippen molar-refractivity contribution in [2.75, 3.05) is 0 Å². The van der Waals surface area contributed by atoms with Crippen molar-refractivity contribution in [1.29, 1.82) is 0 Å². The molecule has 0 radical (unpaired) electrons. The Morgan fingerprint density at radius 2 is 1.61 bits per heavy atom. The molecule has 0 fully saturated rings. The number of aryl methyl sites for hydroxylation is 1. The van der Waals surface area contributed by atoms with Gasteiger partial charge in [0.1, 0.15) is 0 Å². The molecule has 0 spiro atoms. The number of esters is 1. The lowest BCUT2D eigenvalue weighted by Crippen LogP contribution is -2.09. The van der Waals surface area contributed by atoms with Gasteiger partial charge in [0.15, 0.2) is 0 Å². The summed E-state index contributed by atoms with van der Waals surface area (Å²) in [5.74, 6) is -0.0924. The van der Waals surface area contributed by atoms with E-state index in [9.17, 15) is 4.79 Å². The zero-order valence-corrected chi connectivity index (χ0v) is 18.3. The van der Waals surface area contributed by atoms with Crippen LogP contribution in [0.15, 0.2) is 101 Å². The van der Waals surface area contributed by atoms with E-state index in [1.807, 2.05) is 91.9 Å². The summed E-state index contributed by atoms with van der Waals surface area (Å²) < 4.78 is 7.45. The minimum Gasteiger partial charge on any atom is -0.403 e. The monoisotopic (exact) mass is 446 g/mol. The molecule has 0 aliphatic rings. The first-order valence-corrected chi connectivity index (χ1v) is 10.8. The molecule has 154 valence electrons. The summed E-state index contributed by atoms with van der Waals surface area (Å²) in [6, 6.07) is 26.7. The molecule has 4 aromatic rings. The first kappa shape index (κ1) is 21.0. The fraction of sp³-hybridized carbons (Fsp3) is 0.0400. The minimum atomic E-state index is -0.473. The molecule has 0 aliphatic heterocycles. The molecule has 0 saturated heterocycles. The van der Waals surface area contributed by atoms with Gasteiger partial charge in [-0.05, 0) is 55.0 Å². The number of benzene rings is 3. The van der Waals surface area contributed by atoms with Crippen molar-refractivity contribution in [2.24, 2.45) is 0 Å². The van der Waals surface area contributed by atoms with Crippen molar-refractivity contribution in [3.8, 4) is 11.6 Å². The molecule has 4 rings (SSSR count). The van der Waals surface area contributed by atoms with Crippen LogP contribution in [0.25, 0.3) is 11.8 Å². The average Bonchev–Trinajstić information content (AvgIpc) is 3.10. The molecule has 0 aliphatic carbocycles. The number of aromatic nitrogens is 2. The fourth-order valence-electron chi connectivity index (χ4n) is 2.92. The van der Waals surface area contributed by atoms with E-state index in [0.29, 0.717) is 10.9 Å². The number of carbonyl (C=O) groups is 1. The van der Waals surface area contributed by atoms with Crippen LogP contribution < -0.4 is 4.74 Å². The fourth-order valence-corrected chi connectivity index (χ4v) is 3.96. The Morgan fingerprint density at radius 3 is 2.29 bits per heavy atom. The Hall–Kier alpha value is -3.28. The van der Waals surface area contributed by atoms with Crippen molar-refractivity contribution in [1.82, 2.24) is 9.78 Å². The molecule has 1 aromatic heterocycles. The Balaban J connectivity index is 1.68. The lowest BCUT2D eigenvalue weighted by atomic mass is 10.2. The standard InChI is InChI=1S/C25H19ClN2O2S/c1-18-24(31-22-15-13-20(26)14-16-22)25(28(27-18)21-10-6-3-7-11-21)30-23(29)17-12-19-8-4-2-5-9-19/h2-17H,1H3. The van der Waals surface area contributed by atoms with E-state index in [0.717, 1.165) is 26.7 Å². The van der Waals surface area contributed by atoms with Gasteiger partial charge in [-0.3, -0.25) is 0 Å². The SMILES string of the molecule is Cc1nn(-c2ccccc2)c(OC(=O)C=Cc2ccccc2)c1Sc1ccc(Cl)cc1. The van der Waals surface area contributed by atoms with Crippen LogP contribution in [-0.2, 0) is 4.79 Å². The van der Waals surface area contributed by atoms with Gasteiger partial charge in [0.2, 0.25) is 5.88 Å². The topological polar surface area (TPSA) is 44.1 Å². The van der Waals surface area contributed by atoms with Gasteiger partial charge in [-0.25, -0.2) is 4.79 Å². The summed E-state index contributed by atoms with van der Waals surface area (Å²) in [5, 5.41) is 5.30. The number of halogens is 1. The maximum atomic E-state index is 12.7. The maximum absolute atomic E-state index is 12.7. The van der Waals surface area contributed by atoms with Gasteiger partial charge in [-0.1, -0.05) is 71.9 Å². The van der Waals surface area contributed by atoms with Crippen LogP contribution in [0.3, 0.4) is 0 Å². The number of nitrogens with zero attached hydrogens (tertiary/aromatic N) is 2. The molecule has 0 bridgehead atoms. The summed E-state index contributed by atoms with van der Waals surface area (Å²) >= 11 is 7.49. The van der Waals surface area contributed by atoms with Crippen molar-refractivity contribution in [3.05, 3.63) is 107 Å². The molecule has 31 heavy (non-hydrogen) atoms. The van der Waals surface area contributed by atoms with Crippen molar-refractivity contribution < 1.29 is 9.53 Å². The highest BCUT2D eigenvalue weighted by Gasteiger charge is 2.21. The molecular formula is C25H19ClN2O2S. The molecule has 3 aromatic carbocycles. The van der Waals surface area contributed by atoms with Crippen LogP contribution >= 0.6 is 23.4 Å². The zero-order valence-electron chi connectivity index (χ0n) is 16.7. The Morgan fingerprint density at radius 1 is 0.968 bits per heavy atom. The van der Waals surface area contributed by atoms with Crippen molar-refractivity contribution in [2.45, 2.75) is 16.7 Å². The van der Waals surface area contributed by atoms with Gasteiger partial charge >= 0.3 is 5.97 Å². The molecule has 6 heteroatoms. The number of hydrogen-bond donors (Lipinski definition) is 0. The van der Waals surface area contributed by atoms with Gasteiger partial charge in [-0.15, -0.1) is 0 Å². The van der Waals surface area contributed by atoms with Crippen LogP contribution in [0.1, 0.15) is 11.3 Å². The minimum absolute atomic E-state index is 0.381. The highest BCUT2D eigenvalue weighted by Crippen LogP contribution is 2.39. The summed E-state index contributed by atoms with van der Waals surface area (Å²) in [7, 11) is 0. The molecule has 0 N–H and O–H groups in total. The van der Waals surface area contributed by atoms with E-state index in [1.54, 1.807) is 10.8 Å². The predicted molar refractivity (Wildman–Crippen MR) is 125 cm³/mol. The van der Waals surface area contributed by atoms with Gasteiger partial charge in [0.05, 0.1) is 16.3 Å². The molecule has 0 unspecified atom stereocenters. The number of ether oxygens (including phenoxy) is 1. The summed E-state index contributed by atoms with van der Waals surface area (Å²) in [6.07, 6.45) is 3.15. The Labute approximate surface area is 190 Å². The van der Waals surface area contributed by atoms with Crippen molar-refractivity contribution in [3.63, 3.8) is 0 Å². The second kappa shape index (κ2) is 9.69. The van der Waals surface area contributed by atoms with Crippen molar-refractivity contribution >= 4 is 35.4 Å². The number of hydrogen-bond acceptors (Lipinski definition) is 4. The van der Waals surface area contributed by atoms with Gasteiger partial charge < -0.3 is 4.74 Å². The van der Waals surface area contributed by atoms with E-state index < -0.39 is 5.97 Å². The lowest BCUT2D eigenvalue weighted by Gasteiger charge is -2.09. The van der Waals surface area contributed by atoms with E-state index in [-0.39, 0.29) is 0 Å². The second-order valence-corrected chi connectivity index (χ2v) is 8.21. The average molecular weight is 447 g/mol. The third-order valence-corrected chi connectivity index (χ3v) is 5.84. The molecule has 0 saturated carbocycles. The molecule has 4 nitrogen and oxygen atoms in total. The Kier molecular flexibility index (Phi) is 6.55. The smallest absolute Gasteiger partial charge is 0.337 e. The normalized spacial score (nSPS) is 11.0. The zero-order chi connectivity index (χ0) is 21.6. The molecular weight excluding hydrogens is 428 g/mol. The number of carbonyl (C=O) groups excluding carboxylic acids is 1. The summed E-state index contributed by atoms with van der Waals surface area (Å²) in [5.41, 5.74) is 2.49. The van der Waals surface area contributed by atoms with Crippen LogP contribution in [0.4, 0.5) is 0 Å². The predicted octanol–water partition coefficient (Wildman–Crippen LogP) is 6.60. The first-order valence-electron chi connectivity index (χ1n) is 9.63. The van der Waals surface area contributed by atoms with Gasteiger partial charge in [0, 0.05) is 16.0 Å². The van der Waals surface area contributed by atoms with E-state index in [4.69, 9.17) is 16.3 Å². The summed E-state index contributed by atoms with van der Waals surface area (Å²) in [4.78, 5) is 14.4. The quantitative estimate of drug-likeness (QED) is 0.247. The van der Waals surface area contributed by atoms with Gasteiger partial charge in [0.25, 0.3) is 0 Å². The van der Waals surface area contributed by atoms with Crippen LogP contribution in [0.5, 0.6) is 5.88 Å². The number of rotatable bonds is 6. The molecule has 0 amide bonds. The van der Waals surface area contributed by atoms with Gasteiger partial charge in [-0.2, -0.15) is 9.78 Å². The van der Waals surface area contributed by atoms with E-state index in [2.05, 4.69) is 5.10 Å². The molecule has 0 atom stereocenters. The van der Waals surface area contributed by atoms with E-state index >= 15 is 0 Å². The van der Waals surface area contributed by atoms with Crippen LogP contribution in [-0.4, -0.2) is 15.7 Å². The highest BCUT2D eigenvalue weighted by atomic mass is 35.5. The summed E-state index contributed by atoms with van der Waals surface area (Å²) in [6.45, 7) is 1.90. The lowest BCUT2D eigenvalue weighted by molar-refractivity contribution is -0.129. The molecule has 1 heterocycles.